The molecule has 0 aliphatic carbocycles. The van der Waals surface area contributed by atoms with E-state index < -0.39 is 0 Å². The first kappa shape index (κ1) is 16.1. The van der Waals surface area contributed by atoms with Crippen molar-refractivity contribution in [1.82, 2.24) is 15.3 Å². The van der Waals surface area contributed by atoms with E-state index in [4.69, 9.17) is 11.6 Å². The number of nitrogens with one attached hydrogen (secondary N) is 1. The van der Waals surface area contributed by atoms with Gasteiger partial charge in [-0.2, -0.15) is 0 Å². The standard InChI is InChI=1S/C19H16ClN3O/c1-13-21-11-10-18(23-13)15-4-6-16(7-5-15)19(24)22-12-14-2-8-17(20)9-3-14/h2-11H,12H2,1H3,(H,22,24). The minimum Gasteiger partial charge on any atom is -0.348 e. The normalized spacial score (nSPS) is 10.4. The lowest BCUT2D eigenvalue weighted by molar-refractivity contribution is 0.0951. The highest BCUT2D eigenvalue weighted by Crippen LogP contribution is 2.17. The summed E-state index contributed by atoms with van der Waals surface area (Å²) in [6.07, 6.45) is 1.73. The first-order valence-corrected chi connectivity index (χ1v) is 7.92. The molecule has 0 bridgehead atoms. The molecule has 0 saturated carbocycles. The molecule has 5 heteroatoms. The van der Waals surface area contributed by atoms with E-state index in [-0.39, 0.29) is 5.91 Å². The second-order valence-electron chi connectivity index (χ2n) is 5.38. The number of hydrogen-bond donors (Lipinski definition) is 1. The van der Waals surface area contributed by atoms with Gasteiger partial charge in [0.1, 0.15) is 5.82 Å². The van der Waals surface area contributed by atoms with E-state index in [1.807, 2.05) is 49.4 Å². The van der Waals surface area contributed by atoms with Crippen molar-refractivity contribution < 1.29 is 4.79 Å². The molecule has 24 heavy (non-hydrogen) atoms. The molecule has 4 nitrogen and oxygen atoms in total. The van der Waals surface area contributed by atoms with Crippen molar-refractivity contribution in [2.75, 3.05) is 0 Å². The fraction of sp³-hybridized carbons (Fsp3) is 0.105. The van der Waals surface area contributed by atoms with Crippen molar-refractivity contribution in [2.24, 2.45) is 0 Å². The molecule has 0 atom stereocenters. The molecule has 0 saturated heterocycles. The Bertz CT molecular complexity index is 845. The van der Waals surface area contributed by atoms with Gasteiger partial charge in [0, 0.05) is 28.9 Å². The van der Waals surface area contributed by atoms with Crippen LogP contribution in [0, 0.1) is 6.92 Å². The molecule has 120 valence electrons. The first-order valence-electron chi connectivity index (χ1n) is 7.54. The van der Waals surface area contributed by atoms with Crippen molar-refractivity contribution in [3.8, 4) is 11.3 Å². The van der Waals surface area contributed by atoms with Crippen LogP contribution in [-0.2, 0) is 6.54 Å². The summed E-state index contributed by atoms with van der Waals surface area (Å²) in [7, 11) is 0. The molecule has 0 aliphatic heterocycles. The lowest BCUT2D eigenvalue weighted by Gasteiger charge is -2.07. The fourth-order valence-electron chi connectivity index (χ4n) is 2.30. The predicted octanol–water partition coefficient (Wildman–Crippen LogP) is 4.04. The number of carbonyl (C=O) groups excluding carboxylic acids is 1. The van der Waals surface area contributed by atoms with Crippen molar-refractivity contribution in [3.05, 3.63) is 82.8 Å². The Morgan fingerprint density at radius 3 is 2.42 bits per heavy atom. The molecule has 0 fully saturated rings. The lowest BCUT2D eigenvalue weighted by Crippen LogP contribution is -2.22. The Hall–Kier alpha value is -2.72. The average molecular weight is 338 g/mol. The zero-order valence-corrected chi connectivity index (χ0v) is 13.9. The first-order chi connectivity index (χ1) is 11.6. The van der Waals surface area contributed by atoms with Crippen molar-refractivity contribution in [2.45, 2.75) is 13.5 Å². The van der Waals surface area contributed by atoms with E-state index in [9.17, 15) is 4.79 Å². The van der Waals surface area contributed by atoms with Gasteiger partial charge in [0.2, 0.25) is 0 Å². The zero-order valence-electron chi connectivity index (χ0n) is 13.2. The van der Waals surface area contributed by atoms with Crippen LogP contribution in [0.2, 0.25) is 5.02 Å². The fourth-order valence-corrected chi connectivity index (χ4v) is 2.42. The molecule has 3 rings (SSSR count). The van der Waals surface area contributed by atoms with E-state index in [1.165, 1.54) is 0 Å². The molecule has 1 N–H and O–H groups in total. The molecule has 0 spiro atoms. The Kier molecular flexibility index (Phi) is 4.87. The van der Waals surface area contributed by atoms with Gasteiger partial charge in [-0.15, -0.1) is 0 Å². The Morgan fingerprint density at radius 1 is 1.04 bits per heavy atom. The summed E-state index contributed by atoms with van der Waals surface area (Å²) in [4.78, 5) is 20.7. The summed E-state index contributed by atoms with van der Waals surface area (Å²) in [5.74, 6) is 0.604. The molecule has 1 aromatic heterocycles. The Balaban J connectivity index is 1.66. The largest absolute Gasteiger partial charge is 0.348 e. The Labute approximate surface area is 145 Å². The summed E-state index contributed by atoms with van der Waals surface area (Å²) >= 11 is 5.85. The molecule has 0 radical (unpaired) electrons. The number of aryl methyl sites for hydroxylation is 1. The minimum atomic E-state index is -0.115. The minimum absolute atomic E-state index is 0.115. The van der Waals surface area contributed by atoms with E-state index in [2.05, 4.69) is 15.3 Å². The van der Waals surface area contributed by atoms with Crippen LogP contribution >= 0.6 is 11.6 Å². The maximum atomic E-state index is 12.2. The number of aromatic nitrogens is 2. The summed E-state index contributed by atoms with van der Waals surface area (Å²) in [6.45, 7) is 2.31. The van der Waals surface area contributed by atoms with Crippen LogP contribution in [0.5, 0.6) is 0 Å². The maximum Gasteiger partial charge on any atom is 0.251 e. The highest BCUT2D eigenvalue weighted by Gasteiger charge is 2.06. The van der Waals surface area contributed by atoms with Gasteiger partial charge in [-0.1, -0.05) is 35.9 Å². The van der Waals surface area contributed by atoms with Gasteiger partial charge in [0.15, 0.2) is 0 Å². The lowest BCUT2D eigenvalue weighted by atomic mass is 10.1. The third kappa shape index (κ3) is 3.97. The van der Waals surface area contributed by atoms with Gasteiger partial charge in [0.05, 0.1) is 5.69 Å². The molecule has 2 aromatic carbocycles. The molecule has 1 heterocycles. The summed E-state index contributed by atoms with van der Waals surface area (Å²) in [6, 6.07) is 16.6. The summed E-state index contributed by atoms with van der Waals surface area (Å²) in [5, 5.41) is 3.58. The zero-order chi connectivity index (χ0) is 16.9. The van der Waals surface area contributed by atoms with E-state index in [0.29, 0.717) is 17.1 Å². The van der Waals surface area contributed by atoms with Crippen LogP contribution in [0.25, 0.3) is 11.3 Å². The topological polar surface area (TPSA) is 54.9 Å². The second kappa shape index (κ2) is 7.23. The summed E-state index contributed by atoms with van der Waals surface area (Å²) < 4.78 is 0. The predicted molar refractivity (Wildman–Crippen MR) is 94.8 cm³/mol. The van der Waals surface area contributed by atoms with Crippen molar-refractivity contribution in [3.63, 3.8) is 0 Å². The average Bonchev–Trinajstić information content (AvgIpc) is 2.61. The van der Waals surface area contributed by atoms with Crippen LogP contribution in [0.3, 0.4) is 0 Å². The third-order valence-corrected chi connectivity index (χ3v) is 3.84. The third-order valence-electron chi connectivity index (χ3n) is 3.59. The van der Waals surface area contributed by atoms with Gasteiger partial charge in [-0.3, -0.25) is 4.79 Å². The van der Waals surface area contributed by atoms with Crippen LogP contribution in [0.4, 0.5) is 0 Å². The van der Waals surface area contributed by atoms with Gasteiger partial charge in [-0.25, -0.2) is 9.97 Å². The van der Waals surface area contributed by atoms with E-state index in [0.717, 1.165) is 22.6 Å². The number of benzene rings is 2. The highest BCUT2D eigenvalue weighted by atomic mass is 35.5. The number of nitrogens with zero attached hydrogens (tertiary/aromatic N) is 2. The molecular weight excluding hydrogens is 322 g/mol. The quantitative estimate of drug-likeness (QED) is 0.781. The molecule has 3 aromatic rings. The van der Waals surface area contributed by atoms with Crippen LogP contribution in [0.1, 0.15) is 21.7 Å². The number of hydrogen-bond acceptors (Lipinski definition) is 3. The Morgan fingerprint density at radius 2 is 1.75 bits per heavy atom. The van der Waals surface area contributed by atoms with Gasteiger partial charge >= 0.3 is 0 Å². The van der Waals surface area contributed by atoms with Gasteiger partial charge in [-0.05, 0) is 42.8 Å². The number of rotatable bonds is 4. The number of amides is 1. The smallest absolute Gasteiger partial charge is 0.251 e. The number of carbonyl (C=O) groups is 1. The molecular formula is C19H16ClN3O. The molecule has 1 amide bonds. The van der Waals surface area contributed by atoms with E-state index >= 15 is 0 Å². The molecule has 0 aliphatic rings. The van der Waals surface area contributed by atoms with Crippen LogP contribution < -0.4 is 5.32 Å². The highest BCUT2D eigenvalue weighted by molar-refractivity contribution is 6.30. The SMILES string of the molecule is Cc1nccc(-c2ccc(C(=O)NCc3ccc(Cl)cc3)cc2)n1. The van der Waals surface area contributed by atoms with Gasteiger partial charge < -0.3 is 5.32 Å². The molecule has 0 unspecified atom stereocenters. The van der Waals surface area contributed by atoms with Crippen molar-refractivity contribution >= 4 is 17.5 Å². The van der Waals surface area contributed by atoms with Crippen LogP contribution in [-0.4, -0.2) is 15.9 Å². The van der Waals surface area contributed by atoms with Crippen molar-refractivity contribution in [1.29, 1.82) is 0 Å². The summed E-state index contributed by atoms with van der Waals surface area (Å²) in [5.41, 5.74) is 3.41. The second-order valence-corrected chi connectivity index (χ2v) is 5.81. The van der Waals surface area contributed by atoms with Crippen LogP contribution in [0.15, 0.2) is 60.8 Å². The maximum absolute atomic E-state index is 12.2. The van der Waals surface area contributed by atoms with E-state index in [1.54, 1.807) is 18.3 Å². The number of halogens is 1. The van der Waals surface area contributed by atoms with Gasteiger partial charge in [0.25, 0.3) is 5.91 Å². The monoisotopic (exact) mass is 337 g/mol.